The first kappa shape index (κ1) is 13.1. The summed E-state index contributed by atoms with van der Waals surface area (Å²) in [5, 5.41) is 16.4. The number of nitrogens with zero attached hydrogens (tertiary/aromatic N) is 2. The van der Waals surface area contributed by atoms with Gasteiger partial charge in [-0.25, -0.2) is 4.79 Å². The molecule has 0 saturated carbocycles. The molecule has 6 nitrogen and oxygen atoms in total. The molecule has 6 heteroatoms. The second-order valence-corrected chi connectivity index (χ2v) is 4.10. The van der Waals surface area contributed by atoms with Crippen LogP contribution in [0.3, 0.4) is 0 Å². The van der Waals surface area contributed by atoms with Gasteiger partial charge in [-0.05, 0) is 13.0 Å². The van der Waals surface area contributed by atoms with Crippen LogP contribution in [0.1, 0.15) is 23.8 Å². The fourth-order valence-corrected chi connectivity index (χ4v) is 1.95. The second kappa shape index (κ2) is 5.51. The maximum absolute atomic E-state index is 11.4. The average Bonchev–Trinajstić information content (AvgIpc) is 2.76. The Morgan fingerprint density at radius 3 is 2.79 bits per heavy atom. The van der Waals surface area contributed by atoms with Crippen LogP contribution in [-0.2, 0) is 11.3 Å². The van der Waals surface area contributed by atoms with Gasteiger partial charge in [0.05, 0.1) is 12.1 Å². The van der Waals surface area contributed by atoms with Crippen LogP contribution in [0.4, 0.5) is 0 Å². The normalized spacial score (nSPS) is 10.6. The largest absolute Gasteiger partial charge is 0.476 e. The summed E-state index contributed by atoms with van der Waals surface area (Å²) in [5.74, 6) is -1.13. The molecule has 2 aromatic rings. The number of aromatic nitrogens is 2. The van der Waals surface area contributed by atoms with E-state index in [2.05, 4.69) is 10.4 Å². The third kappa shape index (κ3) is 2.73. The zero-order valence-corrected chi connectivity index (χ0v) is 10.6. The molecule has 0 aliphatic heterocycles. The Labute approximate surface area is 110 Å². The van der Waals surface area contributed by atoms with Crippen LogP contribution in [0.15, 0.2) is 24.3 Å². The third-order valence-corrected chi connectivity index (χ3v) is 2.79. The summed E-state index contributed by atoms with van der Waals surface area (Å²) in [6.45, 7) is 2.79. The number of aromatic carboxylic acids is 1. The Hall–Kier alpha value is -2.37. The van der Waals surface area contributed by atoms with Crippen LogP contribution in [0.25, 0.3) is 10.9 Å². The summed E-state index contributed by atoms with van der Waals surface area (Å²) < 4.78 is 1.56. The molecule has 1 aromatic carbocycles. The van der Waals surface area contributed by atoms with Crippen LogP contribution >= 0.6 is 0 Å². The minimum Gasteiger partial charge on any atom is -0.476 e. The van der Waals surface area contributed by atoms with E-state index in [1.807, 2.05) is 13.0 Å². The summed E-state index contributed by atoms with van der Waals surface area (Å²) in [6.07, 6.45) is 0.276. The Balaban J connectivity index is 2.28. The topological polar surface area (TPSA) is 84.2 Å². The average molecular weight is 261 g/mol. The van der Waals surface area contributed by atoms with Gasteiger partial charge in [-0.15, -0.1) is 0 Å². The number of benzene rings is 1. The molecule has 0 aliphatic carbocycles. The zero-order chi connectivity index (χ0) is 13.8. The molecule has 0 aliphatic rings. The fraction of sp³-hybridized carbons (Fsp3) is 0.308. The molecular weight excluding hydrogens is 246 g/mol. The molecule has 2 rings (SSSR count). The molecule has 0 atom stereocenters. The van der Waals surface area contributed by atoms with E-state index in [0.29, 0.717) is 18.5 Å². The lowest BCUT2D eigenvalue weighted by atomic mass is 10.2. The summed E-state index contributed by atoms with van der Waals surface area (Å²) in [6, 6.07) is 7.10. The van der Waals surface area contributed by atoms with Crippen molar-refractivity contribution in [1.82, 2.24) is 15.1 Å². The van der Waals surface area contributed by atoms with Gasteiger partial charge in [0.2, 0.25) is 5.91 Å². The van der Waals surface area contributed by atoms with Crippen molar-refractivity contribution >= 4 is 22.8 Å². The molecule has 0 radical (unpaired) electrons. The van der Waals surface area contributed by atoms with Crippen molar-refractivity contribution in [1.29, 1.82) is 0 Å². The lowest BCUT2D eigenvalue weighted by Crippen LogP contribution is -2.24. The van der Waals surface area contributed by atoms with E-state index in [9.17, 15) is 9.59 Å². The van der Waals surface area contributed by atoms with Gasteiger partial charge in [-0.1, -0.05) is 18.2 Å². The molecule has 0 fully saturated rings. The predicted molar refractivity (Wildman–Crippen MR) is 70.0 cm³/mol. The molecule has 0 saturated heterocycles. The van der Waals surface area contributed by atoms with Crippen molar-refractivity contribution < 1.29 is 14.7 Å². The van der Waals surface area contributed by atoms with Crippen molar-refractivity contribution in [3.05, 3.63) is 30.0 Å². The van der Waals surface area contributed by atoms with Crippen LogP contribution < -0.4 is 5.32 Å². The van der Waals surface area contributed by atoms with Gasteiger partial charge in [0.1, 0.15) is 0 Å². The van der Waals surface area contributed by atoms with Crippen molar-refractivity contribution in [2.75, 3.05) is 6.54 Å². The van der Waals surface area contributed by atoms with Gasteiger partial charge < -0.3 is 10.4 Å². The number of hydrogen-bond acceptors (Lipinski definition) is 3. The Kier molecular flexibility index (Phi) is 3.79. The Morgan fingerprint density at radius 2 is 2.11 bits per heavy atom. The van der Waals surface area contributed by atoms with Crippen molar-refractivity contribution in [3.63, 3.8) is 0 Å². The highest BCUT2D eigenvalue weighted by atomic mass is 16.4. The highest BCUT2D eigenvalue weighted by molar-refractivity contribution is 6.01. The summed E-state index contributed by atoms with van der Waals surface area (Å²) in [7, 11) is 0. The minimum atomic E-state index is -1.06. The number of amides is 1. The van der Waals surface area contributed by atoms with E-state index in [0.717, 1.165) is 5.52 Å². The summed E-state index contributed by atoms with van der Waals surface area (Å²) in [4.78, 5) is 22.5. The Morgan fingerprint density at radius 1 is 1.37 bits per heavy atom. The molecule has 2 N–H and O–H groups in total. The van der Waals surface area contributed by atoms with Crippen molar-refractivity contribution in [2.45, 2.75) is 19.9 Å². The first-order chi connectivity index (χ1) is 9.13. The highest BCUT2D eigenvalue weighted by Gasteiger charge is 2.15. The maximum atomic E-state index is 11.4. The number of fused-ring (bicyclic) bond motifs is 1. The zero-order valence-electron chi connectivity index (χ0n) is 10.6. The molecule has 1 aromatic heterocycles. The van der Waals surface area contributed by atoms with Gasteiger partial charge in [-0.3, -0.25) is 9.48 Å². The molecule has 1 amide bonds. The number of aryl methyl sites for hydroxylation is 1. The van der Waals surface area contributed by atoms with E-state index in [1.54, 1.807) is 22.9 Å². The highest BCUT2D eigenvalue weighted by Crippen LogP contribution is 2.18. The minimum absolute atomic E-state index is 0.0199. The molecule has 19 heavy (non-hydrogen) atoms. The number of nitrogens with one attached hydrogen (secondary N) is 1. The van der Waals surface area contributed by atoms with Crippen molar-refractivity contribution in [2.24, 2.45) is 0 Å². The van der Waals surface area contributed by atoms with Crippen LogP contribution in [0.5, 0.6) is 0 Å². The van der Waals surface area contributed by atoms with E-state index in [1.165, 1.54) is 0 Å². The van der Waals surface area contributed by atoms with E-state index in [-0.39, 0.29) is 18.0 Å². The lowest BCUT2D eigenvalue weighted by Gasteiger charge is -2.03. The first-order valence-electron chi connectivity index (χ1n) is 6.09. The van der Waals surface area contributed by atoms with Gasteiger partial charge in [-0.2, -0.15) is 5.10 Å². The number of carboxylic acid groups (broad SMARTS) is 1. The van der Waals surface area contributed by atoms with Crippen LogP contribution in [0, 0.1) is 0 Å². The van der Waals surface area contributed by atoms with E-state index >= 15 is 0 Å². The van der Waals surface area contributed by atoms with Crippen LogP contribution in [0.2, 0.25) is 0 Å². The number of carboxylic acids is 1. The standard InChI is InChI=1S/C13H15N3O3/c1-2-14-11(17)7-8-16-10-6-4-3-5-9(10)12(15-16)13(18)19/h3-6H,2,7-8H2,1H3,(H,14,17)(H,18,19). The first-order valence-corrected chi connectivity index (χ1v) is 6.09. The van der Waals surface area contributed by atoms with Crippen LogP contribution in [-0.4, -0.2) is 33.3 Å². The number of rotatable bonds is 5. The lowest BCUT2D eigenvalue weighted by molar-refractivity contribution is -0.121. The van der Waals surface area contributed by atoms with Gasteiger partial charge in [0.25, 0.3) is 0 Å². The van der Waals surface area contributed by atoms with Crippen molar-refractivity contribution in [3.8, 4) is 0 Å². The SMILES string of the molecule is CCNC(=O)CCn1nc(C(=O)O)c2ccccc21. The molecular formula is C13H15N3O3. The summed E-state index contributed by atoms with van der Waals surface area (Å²) >= 11 is 0. The number of carbonyl (C=O) groups is 2. The fourth-order valence-electron chi connectivity index (χ4n) is 1.95. The maximum Gasteiger partial charge on any atom is 0.357 e. The van der Waals surface area contributed by atoms with Gasteiger partial charge in [0, 0.05) is 18.4 Å². The third-order valence-electron chi connectivity index (χ3n) is 2.79. The molecule has 0 bridgehead atoms. The monoisotopic (exact) mass is 261 g/mol. The molecule has 0 unspecified atom stereocenters. The van der Waals surface area contributed by atoms with E-state index < -0.39 is 5.97 Å². The molecule has 100 valence electrons. The van der Waals surface area contributed by atoms with E-state index in [4.69, 9.17) is 5.11 Å². The Bertz CT molecular complexity index is 619. The molecule has 0 spiro atoms. The van der Waals surface area contributed by atoms with Gasteiger partial charge in [0.15, 0.2) is 5.69 Å². The van der Waals surface area contributed by atoms with Gasteiger partial charge >= 0.3 is 5.97 Å². The molecule has 1 heterocycles. The predicted octanol–water partition coefficient (Wildman–Crippen LogP) is 1.26. The number of para-hydroxylation sites is 1. The smallest absolute Gasteiger partial charge is 0.357 e. The quantitative estimate of drug-likeness (QED) is 0.848. The number of hydrogen-bond donors (Lipinski definition) is 2. The number of carbonyl (C=O) groups excluding carboxylic acids is 1. The summed E-state index contributed by atoms with van der Waals surface area (Å²) in [5.41, 5.74) is 0.746. The second-order valence-electron chi connectivity index (χ2n) is 4.10.